The van der Waals surface area contributed by atoms with Crippen LogP contribution in [0.5, 0.6) is 0 Å². The summed E-state index contributed by atoms with van der Waals surface area (Å²) < 4.78 is 10.9. The minimum Gasteiger partial charge on any atom is -0.495 e. The van der Waals surface area contributed by atoms with E-state index in [1.165, 1.54) is 0 Å². The number of hydrogen-bond donors (Lipinski definition) is 1. The van der Waals surface area contributed by atoms with Crippen molar-refractivity contribution in [2.45, 2.75) is 25.0 Å². The summed E-state index contributed by atoms with van der Waals surface area (Å²) in [7, 11) is 0. The van der Waals surface area contributed by atoms with Gasteiger partial charge in [-0.1, -0.05) is 6.08 Å². The standard InChI is InChI=1S/C10H14O3/c1-10-5-2-4-8(9(10)13-10)12-7-3-6-11/h2,4-5,9,11H,3,6-7H2,1H3. The molecule has 3 nitrogen and oxygen atoms in total. The summed E-state index contributed by atoms with van der Waals surface area (Å²) in [5.41, 5.74) is -0.122. The molecule has 1 aliphatic heterocycles. The minimum absolute atomic E-state index is 0.108. The van der Waals surface area contributed by atoms with Crippen LogP contribution in [0.1, 0.15) is 13.3 Å². The lowest BCUT2D eigenvalue weighted by Gasteiger charge is -2.10. The van der Waals surface area contributed by atoms with Gasteiger partial charge in [-0.15, -0.1) is 0 Å². The van der Waals surface area contributed by atoms with Crippen LogP contribution in [0.3, 0.4) is 0 Å². The lowest BCUT2D eigenvalue weighted by molar-refractivity contribution is 0.160. The molecule has 1 saturated heterocycles. The number of epoxide rings is 1. The van der Waals surface area contributed by atoms with Gasteiger partial charge in [-0.2, -0.15) is 0 Å². The van der Waals surface area contributed by atoms with Crippen molar-refractivity contribution in [3.8, 4) is 0 Å². The van der Waals surface area contributed by atoms with E-state index in [0.29, 0.717) is 13.0 Å². The number of hydrogen-bond acceptors (Lipinski definition) is 3. The monoisotopic (exact) mass is 182 g/mol. The van der Waals surface area contributed by atoms with E-state index in [0.717, 1.165) is 5.76 Å². The Morgan fingerprint density at radius 3 is 3.31 bits per heavy atom. The van der Waals surface area contributed by atoms with Crippen LogP contribution < -0.4 is 0 Å². The Labute approximate surface area is 77.7 Å². The first kappa shape index (κ1) is 8.78. The zero-order valence-electron chi connectivity index (χ0n) is 7.69. The van der Waals surface area contributed by atoms with Gasteiger partial charge in [-0.05, 0) is 19.1 Å². The number of aliphatic hydroxyl groups is 1. The minimum atomic E-state index is -0.122. The van der Waals surface area contributed by atoms with Crippen LogP contribution in [-0.4, -0.2) is 30.0 Å². The van der Waals surface area contributed by atoms with E-state index in [9.17, 15) is 0 Å². The maximum Gasteiger partial charge on any atom is 0.148 e. The van der Waals surface area contributed by atoms with Crippen LogP contribution in [0.4, 0.5) is 0 Å². The van der Waals surface area contributed by atoms with E-state index in [1.807, 2.05) is 25.2 Å². The largest absolute Gasteiger partial charge is 0.495 e. The van der Waals surface area contributed by atoms with Gasteiger partial charge in [0.2, 0.25) is 0 Å². The smallest absolute Gasteiger partial charge is 0.148 e. The second-order valence-corrected chi connectivity index (χ2v) is 3.54. The second-order valence-electron chi connectivity index (χ2n) is 3.54. The summed E-state index contributed by atoms with van der Waals surface area (Å²) >= 11 is 0. The Balaban J connectivity index is 1.87. The van der Waals surface area contributed by atoms with E-state index < -0.39 is 0 Å². The molecule has 2 aliphatic rings. The number of allylic oxidation sites excluding steroid dienone is 2. The Bertz CT molecular complexity index is 257. The van der Waals surface area contributed by atoms with Crippen molar-refractivity contribution in [3.63, 3.8) is 0 Å². The van der Waals surface area contributed by atoms with Gasteiger partial charge in [0.1, 0.15) is 17.5 Å². The highest BCUT2D eigenvalue weighted by Crippen LogP contribution is 2.44. The van der Waals surface area contributed by atoms with Gasteiger partial charge in [-0.25, -0.2) is 0 Å². The molecule has 1 N–H and O–H groups in total. The van der Waals surface area contributed by atoms with Gasteiger partial charge in [0.05, 0.1) is 6.61 Å². The van der Waals surface area contributed by atoms with Gasteiger partial charge >= 0.3 is 0 Å². The van der Waals surface area contributed by atoms with Crippen LogP contribution in [0, 0.1) is 0 Å². The number of ether oxygens (including phenoxy) is 2. The molecule has 0 aromatic rings. The van der Waals surface area contributed by atoms with Crippen LogP contribution in [-0.2, 0) is 9.47 Å². The van der Waals surface area contributed by atoms with Crippen molar-refractivity contribution < 1.29 is 14.6 Å². The Morgan fingerprint density at radius 2 is 2.54 bits per heavy atom. The zero-order chi connectivity index (χ0) is 9.31. The lowest BCUT2D eigenvalue weighted by Crippen LogP contribution is -2.13. The van der Waals surface area contributed by atoms with Gasteiger partial charge in [-0.3, -0.25) is 0 Å². The van der Waals surface area contributed by atoms with Crippen molar-refractivity contribution in [2.75, 3.05) is 13.2 Å². The highest BCUT2D eigenvalue weighted by atomic mass is 16.6. The average Bonchev–Trinajstić information content (AvgIpc) is 2.78. The van der Waals surface area contributed by atoms with Gasteiger partial charge in [0, 0.05) is 13.0 Å². The maximum atomic E-state index is 8.58. The van der Waals surface area contributed by atoms with E-state index in [4.69, 9.17) is 14.6 Å². The number of aliphatic hydroxyl groups excluding tert-OH is 1. The molecule has 0 aromatic heterocycles. The first-order valence-electron chi connectivity index (χ1n) is 4.57. The van der Waals surface area contributed by atoms with Crippen LogP contribution in [0.2, 0.25) is 0 Å². The molecule has 1 fully saturated rings. The molecule has 2 unspecified atom stereocenters. The first-order valence-corrected chi connectivity index (χ1v) is 4.57. The molecule has 13 heavy (non-hydrogen) atoms. The molecule has 1 aliphatic carbocycles. The SMILES string of the molecule is CC12C=CC=C(OCCCO)C1O2. The summed E-state index contributed by atoms with van der Waals surface area (Å²) in [6.45, 7) is 2.77. The number of rotatable bonds is 4. The molecular weight excluding hydrogens is 168 g/mol. The zero-order valence-corrected chi connectivity index (χ0v) is 7.69. The summed E-state index contributed by atoms with van der Waals surface area (Å²) in [5.74, 6) is 0.887. The van der Waals surface area contributed by atoms with Crippen molar-refractivity contribution in [1.29, 1.82) is 0 Å². The molecule has 1 heterocycles. The lowest BCUT2D eigenvalue weighted by atomic mass is 10.0. The molecule has 2 rings (SSSR count). The summed E-state index contributed by atoms with van der Waals surface area (Å²) in [4.78, 5) is 0. The summed E-state index contributed by atoms with van der Waals surface area (Å²) in [6.07, 6.45) is 6.70. The van der Waals surface area contributed by atoms with E-state index in [2.05, 4.69) is 0 Å². The molecule has 0 saturated carbocycles. The molecule has 0 amide bonds. The second kappa shape index (κ2) is 3.16. The van der Waals surface area contributed by atoms with Crippen LogP contribution in [0.25, 0.3) is 0 Å². The third-order valence-electron chi connectivity index (χ3n) is 2.35. The molecule has 0 bridgehead atoms. The fourth-order valence-corrected chi connectivity index (χ4v) is 1.49. The van der Waals surface area contributed by atoms with Gasteiger partial charge < -0.3 is 14.6 Å². The molecule has 0 spiro atoms. The van der Waals surface area contributed by atoms with E-state index >= 15 is 0 Å². The molecule has 3 heteroatoms. The van der Waals surface area contributed by atoms with Gasteiger partial charge in [0.15, 0.2) is 0 Å². The Hall–Kier alpha value is -0.800. The van der Waals surface area contributed by atoms with Crippen molar-refractivity contribution in [1.82, 2.24) is 0 Å². The fourth-order valence-electron chi connectivity index (χ4n) is 1.49. The third kappa shape index (κ3) is 1.62. The van der Waals surface area contributed by atoms with Crippen molar-refractivity contribution >= 4 is 0 Å². The Morgan fingerprint density at radius 1 is 1.69 bits per heavy atom. The average molecular weight is 182 g/mol. The normalized spacial score (nSPS) is 35.2. The summed E-state index contributed by atoms with van der Waals surface area (Å²) in [6, 6.07) is 0. The maximum absolute atomic E-state index is 8.58. The quantitative estimate of drug-likeness (QED) is 0.521. The van der Waals surface area contributed by atoms with Crippen molar-refractivity contribution in [3.05, 3.63) is 24.0 Å². The van der Waals surface area contributed by atoms with Crippen LogP contribution >= 0.6 is 0 Å². The predicted molar refractivity (Wildman–Crippen MR) is 48.2 cm³/mol. The van der Waals surface area contributed by atoms with Gasteiger partial charge in [0.25, 0.3) is 0 Å². The van der Waals surface area contributed by atoms with E-state index in [-0.39, 0.29) is 18.3 Å². The molecule has 2 atom stereocenters. The molecule has 0 radical (unpaired) electrons. The highest BCUT2D eigenvalue weighted by Gasteiger charge is 2.54. The first-order chi connectivity index (χ1) is 6.26. The van der Waals surface area contributed by atoms with E-state index in [1.54, 1.807) is 0 Å². The molecular formula is C10H14O3. The fraction of sp³-hybridized carbons (Fsp3) is 0.600. The topological polar surface area (TPSA) is 42.0 Å². The summed E-state index contributed by atoms with van der Waals surface area (Å²) in [5, 5.41) is 8.58. The van der Waals surface area contributed by atoms with Crippen molar-refractivity contribution in [2.24, 2.45) is 0 Å². The third-order valence-corrected chi connectivity index (χ3v) is 2.35. The highest BCUT2D eigenvalue weighted by molar-refractivity contribution is 5.33. The molecule has 72 valence electrons. The Kier molecular flexibility index (Phi) is 2.14. The molecule has 0 aromatic carbocycles. The number of fused-ring (bicyclic) bond motifs is 1. The van der Waals surface area contributed by atoms with Crippen LogP contribution in [0.15, 0.2) is 24.0 Å². The predicted octanol–water partition coefficient (Wildman–Crippen LogP) is 0.997.